The molecular weight excluding hydrogens is 1150 g/mol. The maximum Gasteiger partial charge on any atom is 1.00 e. The second kappa shape index (κ2) is 31.3. The van der Waals surface area contributed by atoms with E-state index >= 15 is 9.59 Å². The Morgan fingerprint density at radius 1 is 0.776 bits per heavy atom. The standard InChI is InChI=1S/C55H73N7O21S.Na/c1-27-16-32(66)20-56-52(75)47-48(71)28(2)21-62(47)54(77)46(41(69)14-15-60(22-31(24-63)25-64)55(78)80-26-38-36-10-6-4-8-34(36)35-9-5-7-11-37(35)38)59-51(74)45(42(70)17-30-12-13-40(68)43(18-30)81-84-83-82-79)58-50(73)39-19-33(67)23-61(39)53(76)44(29(3)65)57-49(27)72;/h4-13,18,27-29,31-33,38-39,41-42,44-48,63-71,79H,14-17,19-26H2,1-3H3,(H,56,75)(H,57,72)(H,58,73)(H,59,74);/q;+1/p-1/t27?,28-,29+,32+,33+,39-,41+,42+,44-,45-,46-,47-,48-;/m0./s1. The Morgan fingerprint density at radius 3 is 2.04 bits per heavy atom. The molecule has 3 aromatic carbocycles. The number of hydrogen-bond acceptors (Lipinski definition) is 22. The van der Waals surface area contributed by atoms with E-state index in [2.05, 4.69) is 30.6 Å². The number of ether oxygens (including phenoxy) is 1. The average molecular weight is 1220 g/mol. The number of aliphatic hydroxyl groups is 8. The van der Waals surface area contributed by atoms with Gasteiger partial charge in [0.25, 0.3) is 12.3 Å². The molecule has 0 bridgehead atoms. The van der Waals surface area contributed by atoms with Gasteiger partial charge in [-0.1, -0.05) is 68.4 Å². The molecule has 28 nitrogen and oxygen atoms in total. The second-order valence-corrected chi connectivity index (χ2v) is 22.2. The minimum Gasteiger partial charge on any atom is -0.691 e. The molecule has 0 radical (unpaired) electrons. The van der Waals surface area contributed by atoms with Crippen LogP contribution in [0.15, 0.2) is 66.7 Å². The van der Waals surface area contributed by atoms with E-state index in [-0.39, 0.29) is 79.3 Å². The normalized spacial score (nSPS) is 26.3. The number of aromatic hydroxyl groups is 1. The molecular formula is C55H72N7NaO21S. The van der Waals surface area contributed by atoms with E-state index in [1.807, 2.05) is 48.5 Å². The van der Waals surface area contributed by atoms with Crippen molar-refractivity contribution in [1.29, 1.82) is 0 Å². The molecule has 85 heavy (non-hydrogen) atoms. The van der Waals surface area contributed by atoms with Crippen molar-refractivity contribution in [3.8, 4) is 22.6 Å². The van der Waals surface area contributed by atoms with Crippen LogP contribution in [0.1, 0.15) is 62.6 Å². The molecule has 30 heteroatoms. The number of phenols is 1. The molecule has 3 aliphatic heterocycles. The second-order valence-electron chi connectivity index (χ2n) is 21.7. The fraction of sp³-hybridized carbons (Fsp3) is 0.545. The number of hydrogen-bond donors (Lipinski definition) is 13. The smallest absolute Gasteiger partial charge is 0.691 e. The van der Waals surface area contributed by atoms with Crippen molar-refractivity contribution < 1.29 is 133 Å². The summed E-state index contributed by atoms with van der Waals surface area (Å²) in [5, 5.41) is 123. The largest absolute Gasteiger partial charge is 1.00 e. The van der Waals surface area contributed by atoms with E-state index in [0.717, 1.165) is 49.1 Å². The molecule has 4 aliphatic rings. The van der Waals surface area contributed by atoms with Crippen LogP contribution in [0.3, 0.4) is 0 Å². The van der Waals surface area contributed by atoms with Crippen molar-refractivity contribution in [2.24, 2.45) is 17.8 Å². The summed E-state index contributed by atoms with van der Waals surface area (Å²) in [6.45, 7) is 0.450. The van der Waals surface area contributed by atoms with Crippen LogP contribution in [0, 0.1) is 17.8 Å². The van der Waals surface area contributed by atoms with Crippen LogP contribution in [0.25, 0.3) is 11.1 Å². The van der Waals surface area contributed by atoms with Gasteiger partial charge < -0.3 is 96.1 Å². The van der Waals surface area contributed by atoms with Crippen molar-refractivity contribution in [3.63, 3.8) is 0 Å². The summed E-state index contributed by atoms with van der Waals surface area (Å²) in [6, 6.07) is 9.17. The zero-order chi connectivity index (χ0) is 61.1. The van der Waals surface area contributed by atoms with E-state index in [4.69, 9.17) is 8.92 Å². The number of benzene rings is 3. The predicted molar refractivity (Wildman–Crippen MR) is 290 cm³/mol. The number of aliphatic hydroxyl groups excluding tert-OH is 8. The number of nitrogens with one attached hydrogen (secondary N) is 4. The zero-order valence-corrected chi connectivity index (χ0v) is 50.0. The number of β-amino-alcohol motifs (C(OH)–C–C–N with tert-alkyl or cyclic N) is 1. The van der Waals surface area contributed by atoms with Gasteiger partial charge in [0.05, 0.1) is 36.6 Å². The molecule has 1 aliphatic carbocycles. The fourth-order valence-corrected chi connectivity index (χ4v) is 11.3. The summed E-state index contributed by atoms with van der Waals surface area (Å²) in [7, 11) is 0. The number of nitrogens with zero attached hydrogens (tertiary/aromatic N) is 3. The first kappa shape index (κ1) is 68.4. The molecule has 1 unspecified atom stereocenters. The summed E-state index contributed by atoms with van der Waals surface area (Å²) in [5.74, 6) is -10.8. The molecule has 0 spiro atoms. The van der Waals surface area contributed by atoms with Gasteiger partial charge in [0.2, 0.25) is 35.4 Å². The fourth-order valence-electron chi connectivity index (χ4n) is 11.0. The number of amides is 7. The maximum absolute atomic E-state index is 15.2. The van der Waals surface area contributed by atoms with Crippen LogP contribution in [0.2, 0.25) is 0 Å². The summed E-state index contributed by atoms with van der Waals surface area (Å²) in [6.07, 6.45) is -13.1. The van der Waals surface area contributed by atoms with Crippen LogP contribution in [-0.2, 0) is 49.3 Å². The quantitative estimate of drug-likeness (QED) is 0.0185. The molecule has 3 heterocycles. The molecule has 3 aromatic rings. The third-order valence-electron chi connectivity index (χ3n) is 15.6. The van der Waals surface area contributed by atoms with Crippen LogP contribution < -0.4 is 60.3 Å². The van der Waals surface area contributed by atoms with Crippen molar-refractivity contribution >= 4 is 53.9 Å². The Morgan fingerprint density at radius 2 is 1.40 bits per heavy atom. The third kappa shape index (κ3) is 16.7. The Bertz CT molecular complexity index is 2780. The predicted octanol–water partition coefficient (Wildman–Crippen LogP) is -6.41. The molecule has 7 rings (SSSR count). The van der Waals surface area contributed by atoms with E-state index in [1.165, 1.54) is 26.8 Å². The molecule has 0 saturated carbocycles. The van der Waals surface area contributed by atoms with E-state index in [9.17, 15) is 75.2 Å². The summed E-state index contributed by atoms with van der Waals surface area (Å²) in [5.41, 5.74) is 3.75. The van der Waals surface area contributed by atoms with Gasteiger partial charge in [-0.05, 0) is 59.7 Å². The zero-order valence-electron chi connectivity index (χ0n) is 47.2. The van der Waals surface area contributed by atoms with E-state index in [1.54, 1.807) is 0 Å². The van der Waals surface area contributed by atoms with Gasteiger partial charge in [0.1, 0.15) is 36.8 Å². The Kier molecular flexibility index (Phi) is 25.1. The number of phenolic OH excluding ortho intramolecular Hbond substituents is 1. The van der Waals surface area contributed by atoms with Crippen LogP contribution >= 0.6 is 12.3 Å². The number of carbonyl (C=O) groups excluding carboxylic acids is 7. The average Bonchev–Trinajstić information content (AvgIpc) is 2.74. The van der Waals surface area contributed by atoms with Gasteiger partial charge in [0.15, 0.2) is 11.5 Å². The van der Waals surface area contributed by atoms with E-state index in [0.29, 0.717) is 0 Å². The first-order valence-electron chi connectivity index (χ1n) is 27.4. The summed E-state index contributed by atoms with van der Waals surface area (Å²) >= 11 is 0.00585. The van der Waals surface area contributed by atoms with Crippen LogP contribution in [-0.4, -0.2) is 222 Å². The summed E-state index contributed by atoms with van der Waals surface area (Å²) in [4.78, 5) is 104. The molecule has 13 N–H and O–H groups in total. The van der Waals surface area contributed by atoms with Gasteiger partial charge in [0, 0.05) is 82.5 Å². The minimum atomic E-state index is -2.18. The SMILES string of the molecule is CC1C[C@@H](O)CNC(=O)[C@@H]2[C@@H](O)[C@@H](C)CN2C(=O)[C@H]([C@H](O)CCN(CC(CO)CO)C(=O)OCC2c3ccccc3-c3ccccc32)NC(=O)[C@H]([C@H](O)Cc2ccc(O)c(OSOO[O-])c2)NC(=O)[C@@H]2C[C@@H](O)CN2C(=O)[C@H]([C@@H](C)O)NC1=O.[Na+]. The molecule has 3 saturated heterocycles. The first-order chi connectivity index (χ1) is 40.1. The van der Waals surface area contributed by atoms with Crippen molar-refractivity contribution in [3.05, 3.63) is 83.4 Å². The topological polar surface area (TPSA) is 419 Å². The Labute approximate surface area is 515 Å². The van der Waals surface area contributed by atoms with Gasteiger partial charge >= 0.3 is 35.7 Å². The Balaban J connectivity index is 0.0000116. The van der Waals surface area contributed by atoms with Crippen molar-refractivity contribution in [2.75, 3.05) is 52.5 Å². The number of carbonyl (C=O) groups is 7. The molecule has 460 valence electrons. The van der Waals surface area contributed by atoms with Gasteiger partial charge in [-0.3, -0.25) is 33.8 Å². The molecule has 7 amide bonds. The monoisotopic (exact) mass is 1220 g/mol. The molecule has 3 fully saturated rings. The van der Waals surface area contributed by atoms with Gasteiger partial charge in [-0.25, -0.2) is 4.79 Å². The maximum atomic E-state index is 15.2. The van der Waals surface area contributed by atoms with Crippen LogP contribution in [0.5, 0.6) is 11.5 Å². The van der Waals surface area contributed by atoms with Crippen molar-refractivity contribution in [1.82, 2.24) is 36.0 Å². The number of rotatable bonds is 18. The van der Waals surface area contributed by atoms with E-state index < -0.39 is 190 Å². The molecule has 0 aromatic heterocycles. The first-order valence-corrected chi connectivity index (χ1v) is 28.0. The molecule has 13 atom stereocenters. The minimum absolute atomic E-state index is 0. The third-order valence-corrected chi connectivity index (χ3v) is 16.0. The summed E-state index contributed by atoms with van der Waals surface area (Å²) < 4.78 is 15.1. The van der Waals surface area contributed by atoms with Gasteiger partial charge in [-0.2, -0.15) is 0 Å². The van der Waals surface area contributed by atoms with Gasteiger partial charge in [-0.15, -0.1) is 4.33 Å². The van der Waals surface area contributed by atoms with Crippen LogP contribution in [0.4, 0.5) is 4.79 Å². The van der Waals surface area contributed by atoms with Crippen molar-refractivity contribution in [2.45, 2.75) is 119 Å². The number of fused-ring (bicyclic) bond motifs is 5. The Hall–Kier alpha value is -5.74.